The molecule has 0 bridgehead atoms. The van der Waals surface area contributed by atoms with Crippen molar-refractivity contribution >= 4 is 11.9 Å². The maximum absolute atomic E-state index is 11.6. The quantitative estimate of drug-likeness (QED) is 0.724. The molecule has 0 heterocycles. The first-order valence-electron chi connectivity index (χ1n) is 5.20. The lowest BCUT2D eigenvalue weighted by Gasteiger charge is -2.39. The van der Waals surface area contributed by atoms with E-state index < -0.39 is 16.9 Å². The fraction of sp³-hybridized carbons (Fsp3) is 0.818. The summed E-state index contributed by atoms with van der Waals surface area (Å²) in [7, 11) is 3.57. The molecular formula is C11H22N2O3. The molecular weight excluding hydrogens is 208 g/mol. The zero-order valence-electron chi connectivity index (χ0n) is 10.9. The van der Waals surface area contributed by atoms with Crippen molar-refractivity contribution in [2.24, 2.45) is 5.41 Å². The molecule has 5 heteroatoms. The van der Waals surface area contributed by atoms with Crippen LogP contribution in [0, 0.1) is 5.41 Å². The van der Waals surface area contributed by atoms with Crippen LogP contribution in [0.25, 0.3) is 0 Å². The van der Waals surface area contributed by atoms with Crippen molar-refractivity contribution < 1.29 is 14.7 Å². The predicted molar refractivity (Wildman–Crippen MR) is 62.2 cm³/mol. The molecule has 0 radical (unpaired) electrons. The second-order valence-corrected chi connectivity index (χ2v) is 5.34. The first-order valence-corrected chi connectivity index (χ1v) is 5.20. The minimum Gasteiger partial charge on any atom is -0.481 e. The van der Waals surface area contributed by atoms with Crippen LogP contribution in [0.3, 0.4) is 0 Å². The number of carboxylic acid groups (broad SMARTS) is 1. The number of amides is 1. The van der Waals surface area contributed by atoms with E-state index in [-0.39, 0.29) is 12.5 Å². The summed E-state index contributed by atoms with van der Waals surface area (Å²) in [6.07, 6.45) is 0. The van der Waals surface area contributed by atoms with E-state index in [0.29, 0.717) is 0 Å². The Morgan fingerprint density at radius 2 is 1.62 bits per heavy atom. The summed E-state index contributed by atoms with van der Waals surface area (Å²) < 4.78 is 0. The smallest absolute Gasteiger partial charge is 0.311 e. The molecule has 0 aromatic heterocycles. The highest BCUT2D eigenvalue weighted by atomic mass is 16.4. The van der Waals surface area contributed by atoms with Crippen LogP contribution in [0.5, 0.6) is 0 Å². The topological polar surface area (TPSA) is 69.6 Å². The number of rotatable bonds is 5. The van der Waals surface area contributed by atoms with E-state index in [4.69, 9.17) is 5.11 Å². The summed E-state index contributed by atoms with van der Waals surface area (Å²) in [5, 5.41) is 11.9. The Hall–Kier alpha value is -1.10. The van der Waals surface area contributed by atoms with Gasteiger partial charge in [0.1, 0.15) is 0 Å². The average molecular weight is 230 g/mol. The highest BCUT2D eigenvalue weighted by Gasteiger charge is 2.44. The summed E-state index contributed by atoms with van der Waals surface area (Å²) in [5.41, 5.74) is -1.82. The second kappa shape index (κ2) is 4.82. The van der Waals surface area contributed by atoms with Gasteiger partial charge in [-0.3, -0.25) is 9.59 Å². The van der Waals surface area contributed by atoms with Crippen LogP contribution in [-0.2, 0) is 9.59 Å². The number of nitrogens with zero attached hydrogens (tertiary/aromatic N) is 1. The molecule has 94 valence electrons. The van der Waals surface area contributed by atoms with Crippen molar-refractivity contribution in [1.29, 1.82) is 0 Å². The lowest BCUT2D eigenvalue weighted by atomic mass is 9.74. The average Bonchev–Trinajstić information content (AvgIpc) is 1.99. The van der Waals surface area contributed by atoms with E-state index in [0.717, 1.165) is 0 Å². The molecule has 0 saturated heterocycles. The maximum Gasteiger partial charge on any atom is 0.311 e. The van der Waals surface area contributed by atoms with Crippen molar-refractivity contribution in [2.75, 3.05) is 20.6 Å². The van der Waals surface area contributed by atoms with Gasteiger partial charge in [-0.15, -0.1) is 0 Å². The zero-order valence-corrected chi connectivity index (χ0v) is 10.9. The second-order valence-electron chi connectivity index (χ2n) is 5.34. The standard InChI is InChI=1S/C11H22N2O3/c1-10(2,9(15)16)11(3,4)12-8(14)7-13(5)6/h7H2,1-6H3,(H,12,14)(H,15,16). The zero-order chi connectivity index (χ0) is 13.1. The van der Waals surface area contributed by atoms with E-state index in [9.17, 15) is 9.59 Å². The fourth-order valence-electron chi connectivity index (χ4n) is 1.10. The number of hydrogen-bond donors (Lipinski definition) is 2. The summed E-state index contributed by atoms with van der Waals surface area (Å²) in [4.78, 5) is 24.4. The SMILES string of the molecule is CN(C)CC(=O)NC(C)(C)C(C)(C)C(=O)O. The predicted octanol–water partition coefficient (Wildman–Crippen LogP) is 0.554. The third-order valence-electron chi connectivity index (χ3n) is 3.01. The number of nitrogens with one attached hydrogen (secondary N) is 1. The van der Waals surface area contributed by atoms with E-state index >= 15 is 0 Å². The molecule has 0 unspecified atom stereocenters. The Morgan fingerprint density at radius 3 is 1.94 bits per heavy atom. The molecule has 0 spiro atoms. The molecule has 0 aliphatic carbocycles. The third kappa shape index (κ3) is 3.48. The molecule has 5 nitrogen and oxygen atoms in total. The molecule has 0 saturated carbocycles. The van der Waals surface area contributed by atoms with Crippen molar-refractivity contribution in [2.45, 2.75) is 33.2 Å². The molecule has 0 aliphatic heterocycles. The highest BCUT2D eigenvalue weighted by molar-refractivity contribution is 5.81. The third-order valence-corrected chi connectivity index (χ3v) is 3.01. The molecule has 0 aliphatic rings. The van der Waals surface area contributed by atoms with Gasteiger partial charge in [0.25, 0.3) is 0 Å². The van der Waals surface area contributed by atoms with Crippen LogP contribution in [0.4, 0.5) is 0 Å². The minimum atomic E-state index is -1.02. The van der Waals surface area contributed by atoms with E-state index in [1.54, 1.807) is 46.7 Å². The van der Waals surface area contributed by atoms with Gasteiger partial charge in [0.05, 0.1) is 17.5 Å². The van der Waals surface area contributed by atoms with Crippen molar-refractivity contribution in [3.63, 3.8) is 0 Å². The molecule has 0 fully saturated rings. The monoisotopic (exact) mass is 230 g/mol. The number of carboxylic acids is 1. The normalized spacial score (nSPS) is 12.7. The Morgan fingerprint density at radius 1 is 1.19 bits per heavy atom. The number of carbonyl (C=O) groups is 2. The first kappa shape index (κ1) is 14.9. The minimum absolute atomic E-state index is 0.177. The molecule has 0 atom stereocenters. The summed E-state index contributed by atoms with van der Waals surface area (Å²) in [6.45, 7) is 6.89. The van der Waals surface area contributed by atoms with Crippen LogP contribution in [0.1, 0.15) is 27.7 Å². The van der Waals surface area contributed by atoms with Gasteiger partial charge in [0.2, 0.25) is 5.91 Å². The van der Waals surface area contributed by atoms with Gasteiger partial charge < -0.3 is 15.3 Å². The van der Waals surface area contributed by atoms with E-state index in [1.807, 2.05) is 0 Å². The van der Waals surface area contributed by atoms with Gasteiger partial charge in [-0.2, -0.15) is 0 Å². The lowest BCUT2D eigenvalue weighted by Crippen LogP contribution is -2.58. The maximum atomic E-state index is 11.6. The largest absolute Gasteiger partial charge is 0.481 e. The Bertz CT molecular complexity index is 283. The lowest BCUT2D eigenvalue weighted by molar-refractivity contribution is -0.151. The molecule has 2 N–H and O–H groups in total. The van der Waals surface area contributed by atoms with Gasteiger partial charge in [-0.1, -0.05) is 0 Å². The van der Waals surface area contributed by atoms with E-state index in [1.165, 1.54) is 0 Å². The Balaban J connectivity index is 4.69. The Kier molecular flexibility index (Phi) is 4.49. The first-order chi connectivity index (χ1) is 7.00. The molecule has 16 heavy (non-hydrogen) atoms. The number of carbonyl (C=O) groups excluding carboxylic acids is 1. The van der Waals surface area contributed by atoms with Gasteiger partial charge in [-0.05, 0) is 41.8 Å². The van der Waals surface area contributed by atoms with Crippen LogP contribution < -0.4 is 5.32 Å². The van der Waals surface area contributed by atoms with Gasteiger partial charge in [-0.25, -0.2) is 0 Å². The van der Waals surface area contributed by atoms with Gasteiger partial charge in [0.15, 0.2) is 0 Å². The summed E-state index contributed by atoms with van der Waals surface area (Å²) in [6, 6.07) is 0. The van der Waals surface area contributed by atoms with Crippen molar-refractivity contribution in [3.05, 3.63) is 0 Å². The molecule has 0 rings (SSSR count). The fourth-order valence-corrected chi connectivity index (χ4v) is 1.10. The van der Waals surface area contributed by atoms with Gasteiger partial charge >= 0.3 is 5.97 Å². The van der Waals surface area contributed by atoms with Crippen LogP contribution in [-0.4, -0.2) is 48.1 Å². The van der Waals surface area contributed by atoms with Gasteiger partial charge in [0, 0.05) is 0 Å². The number of aliphatic carboxylic acids is 1. The highest BCUT2D eigenvalue weighted by Crippen LogP contribution is 2.30. The van der Waals surface area contributed by atoms with Crippen LogP contribution >= 0.6 is 0 Å². The van der Waals surface area contributed by atoms with Crippen molar-refractivity contribution in [3.8, 4) is 0 Å². The summed E-state index contributed by atoms with van der Waals surface area (Å²) >= 11 is 0. The van der Waals surface area contributed by atoms with Crippen LogP contribution in [0.15, 0.2) is 0 Å². The Labute approximate surface area is 96.8 Å². The molecule has 0 aromatic carbocycles. The molecule has 1 amide bonds. The van der Waals surface area contributed by atoms with Crippen LogP contribution in [0.2, 0.25) is 0 Å². The molecule has 0 aromatic rings. The summed E-state index contributed by atoms with van der Waals surface area (Å²) in [5.74, 6) is -1.10. The van der Waals surface area contributed by atoms with Crippen molar-refractivity contribution in [1.82, 2.24) is 10.2 Å². The number of hydrogen-bond acceptors (Lipinski definition) is 3. The van der Waals surface area contributed by atoms with E-state index in [2.05, 4.69) is 5.32 Å². The number of likely N-dealkylation sites (N-methyl/N-ethyl adjacent to an activating group) is 1.